The van der Waals surface area contributed by atoms with Gasteiger partial charge < -0.3 is 9.84 Å². The molecule has 216 valence electrons. The Morgan fingerprint density at radius 2 is 1.54 bits per heavy atom. The molecule has 2 atom stereocenters. The summed E-state index contributed by atoms with van der Waals surface area (Å²) in [7, 11) is -3.73. The van der Waals surface area contributed by atoms with Crippen molar-refractivity contribution in [2.45, 2.75) is 103 Å². The first-order valence-electron chi connectivity index (χ1n) is 13.7. The molecule has 2 aromatic rings. The predicted octanol–water partition coefficient (Wildman–Crippen LogP) is 6.60. The fourth-order valence-corrected chi connectivity index (χ4v) is 6.09. The van der Waals surface area contributed by atoms with E-state index >= 15 is 0 Å². The second-order valence-corrected chi connectivity index (χ2v) is 13.9. The number of rotatable bonds is 13. The van der Waals surface area contributed by atoms with Gasteiger partial charge in [-0.1, -0.05) is 62.2 Å². The predicted molar refractivity (Wildman–Crippen MR) is 155 cm³/mol. The molecule has 0 aliphatic carbocycles. The molecule has 8 heteroatoms. The lowest BCUT2D eigenvalue weighted by Crippen LogP contribution is -2.40. The number of carbonyl (C=O) groups excluding carboxylic acids is 1. The average Bonchev–Trinajstić information content (AvgIpc) is 2.81. The number of sulfonamides is 1. The van der Waals surface area contributed by atoms with E-state index in [2.05, 4.69) is 4.72 Å². The smallest absolute Gasteiger partial charge is 0.309 e. The van der Waals surface area contributed by atoms with Crippen LogP contribution in [0, 0.1) is 11.8 Å². The summed E-state index contributed by atoms with van der Waals surface area (Å²) < 4.78 is 34.3. The highest BCUT2D eigenvalue weighted by Crippen LogP contribution is 2.30. The van der Waals surface area contributed by atoms with Crippen LogP contribution in [0.5, 0.6) is 0 Å². The lowest BCUT2D eigenvalue weighted by atomic mass is 9.87. The van der Waals surface area contributed by atoms with Gasteiger partial charge in [-0.25, -0.2) is 13.1 Å². The van der Waals surface area contributed by atoms with E-state index in [-0.39, 0.29) is 17.3 Å². The Labute approximate surface area is 234 Å². The zero-order valence-electron chi connectivity index (χ0n) is 24.4. The van der Waals surface area contributed by atoms with Crippen molar-refractivity contribution in [3.8, 4) is 11.1 Å². The number of carbonyl (C=O) groups is 2. The summed E-state index contributed by atoms with van der Waals surface area (Å²) in [5, 5.41) is 9.91. The van der Waals surface area contributed by atoms with E-state index in [1.807, 2.05) is 52.0 Å². The lowest BCUT2D eigenvalue weighted by Gasteiger charge is -2.25. The number of hydrogen-bond donors (Lipinski definition) is 2. The number of unbranched alkanes of at least 4 members (excludes halogenated alkanes) is 1. The van der Waals surface area contributed by atoms with Crippen molar-refractivity contribution in [2.75, 3.05) is 0 Å². The second-order valence-electron chi connectivity index (χ2n) is 12.2. The summed E-state index contributed by atoms with van der Waals surface area (Å²) in [5.74, 6) is -2.37. The first kappa shape index (κ1) is 32.5. The number of aryl methyl sites for hydroxylation is 1. The molecule has 0 heterocycles. The van der Waals surface area contributed by atoms with Gasteiger partial charge in [-0.2, -0.15) is 0 Å². The van der Waals surface area contributed by atoms with E-state index in [9.17, 15) is 23.1 Å². The van der Waals surface area contributed by atoms with Gasteiger partial charge in [0, 0.05) is 11.1 Å². The van der Waals surface area contributed by atoms with Crippen molar-refractivity contribution >= 4 is 22.0 Å². The van der Waals surface area contributed by atoms with Crippen molar-refractivity contribution < 1.29 is 27.9 Å². The molecule has 0 bridgehead atoms. The van der Waals surface area contributed by atoms with Crippen molar-refractivity contribution in [3.63, 3.8) is 0 Å². The zero-order chi connectivity index (χ0) is 29.4. The quantitative estimate of drug-likeness (QED) is 0.268. The number of carboxylic acid groups (broad SMARTS) is 1. The summed E-state index contributed by atoms with van der Waals surface area (Å²) in [4.78, 5) is 25.1. The topological polar surface area (TPSA) is 110 Å². The van der Waals surface area contributed by atoms with Gasteiger partial charge in [-0.05, 0) is 84.4 Å². The van der Waals surface area contributed by atoms with Crippen LogP contribution in [0.3, 0.4) is 0 Å². The molecule has 0 aliphatic rings. The van der Waals surface area contributed by atoms with Crippen LogP contribution in [0.15, 0.2) is 53.4 Å². The molecule has 2 N–H and O–H groups in total. The van der Waals surface area contributed by atoms with Crippen LogP contribution in [0.4, 0.5) is 0 Å². The number of nitrogens with one attached hydrogen (secondary N) is 1. The third-order valence-electron chi connectivity index (χ3n) is 6.23. The summed E-state index contributed by atoms with van der Waals surface area (Å²) in [6.45, 7) is 12.9. The van der Waals surface area contributed by atoms with Crippen LogP contribution in [0.2, 0.25) is 0 Å². The molecule has 2 rings (SSSR count). The molecule has 0 amide bonds. The summed E-state index contributed by atoms with van der Waals surface area (Å²) >= 11 is 0. The maximum absolute atomic E-state index is 13.0. The molecular weight excluding hydrogens is 514 g/mol. The Bertz CT molecular complexity index is 1210. The number of carboxylic acids is 1. The van der Waals surface area contributed by atoms with Crippen molar-refractivity contribution in [3.05, 3.63) is 54.1 Å². The Balaban J connectivity index is 2.18. The minimum absolute atomic E-state index is 0.207. The Kier molecular flexibility index (Phi) is 11.3. The number of benzene rings is 2. The number of ether oxygens (including phenoxy) is 1. The molecule has 0 unspecified atom stereocenters. The Morgan fingerprint density at radius 3 is 2.08 bits per heavy atom. The van der Waals surface area contributed by atoms with Crippen molar-refractivity contribution in [1.29, 1.82) is 0 Å². The van der Waals surface area contributed by atoms with Crippen molar-refractivity contribution in [1.82, 2.24) is 4.72 Å². The number of hydrogen-bond acceptors (Lipinski definition) is 5. The van der Waals surface area contributed by atoms with Crippen molar-refractivity contribution in [2.24, 2.45) is 11.8 Å². The number of esters is 1. The van der Waals surface area contributed by atoms with Crippen LogP contribution in [-0.2, 0) is 30.8 Å². The molecule has 0 saturated heterocycles. The highest BCUT2D eigenvalue weighted by atomic mass is 32.2. The third kappa shape index (κ3) is 10.8. The Morgan fingerprint density at radius 1 is 0.923 bits per heavy atom. The fourth-order valence-electron chi connectivity index (χ4n) is 4.44. The molecular formula is C31H45NO6S. The van der Waals surface area contributed by atoms with Gasteiger partial charge in [0.1, 0.15) is 5.60 Å². The maximum atomic E-state index is 13.0. The van der Waals surface area contributed by atoms with Gasteiger partial charge in [-0.15, -0.1) is 0 Å². The number of aliphatic carboxylic acids is 1. The molecule has 39 heavy (non-hydrogen) atoms. The summed E-state index contributed by atoms with van der Waals surface area (Å²) in [6, 6.07) is 14.4. The maximum Gasteiger partial charge on any atom is 0.309 e. The van der Waals surface area contributed by atoms with E-state index in [1.165, 1.54) is 0 Å². The van der Waals surface area contributed by atoms with Crippen LogP contribution in [0.25, 0.3) is 11.1 Å². The largest absolute Gasteiger partial charge is 0.481 e. The minimum Gasteiger partial charge on any atom is -0.481 e. The molecule has 2 aromatic carbocycles. The van der Waals surface area contributed by atoms with Gasteiger partial charge in [-0.3, -0.25) is 9.59 Å². The molecule has 7 nitrogen and oxygen atoms in total. The standard InChI is InChI=1S/C31H45NO6S/c1-8-9-12-25(29(35)38-31(5,6)7)21-24(28(33)34)20-17-22-15-18-23(19-16-22)26-13-10-11-14-27(26)39(36,37)32-30(2,3)4/h10-11,13-16,18-19,24-25,32H,8-9,12,17,20-21H2,1-7H3,(H,33,34)/t24-,25+/m0/s1. The third-order valence-corrected chi connectivity index (χ3v) is 8.04. The first-order chi connectivity index (χ1) is 18.0. The van der Waals surface area contributed by atoms with Gasteiger partial charge in [0.05, 0.1) is 16.7 Å². The molecule has 0 radical (unpaired) electrons. The molecule has 0 fully saturated rings. The molecule has 0 aliphatic heterocycles. The normalized spacial score (nSPS) is 14.0. The summed E-state index contributed by atoms with van der Waals surface area (Å²) in [6.07, 6.45) is 3.52. The average molecular weight is 560 g/mol. The van der Waals surface area contributed by atoms with Crippen LogP contribution < -0.4 is 4.72 Å². The van der Waals surface area contributed by atoms with E-state index in [4.69, 9.17) is 4.74 Å². The highest BCUT2D eigenvalue weighted by Gasteiger charge is 2.30. The highest BCUT2D eigenvalue weighted by molar-refractivity contribution is 7.89. The summed E-state index contributed by atoms with van der Waals surface area (Å²) in [5.41, 5.74) is 1.06. The van der Waals surface area contributed by atoms with Gasteiger partial charge >= 0.3 is 11.9 Å². The SMILES string of the molecule is CCCC[C@H](C[C@H](CCc1ccc(-c2ccccc2S(=O)(=O)NC(C)(C)C)cc1)C(=O)O)C(=O)OC(C)(C)C. The van der Waals surface area contributed by atoms with Gasteiger partial charge in [0.25, 0.3) is 0 Å². The van der Waals surface area contributed by atoms with Gasteiger partial charge in [0.15, 0.2) is 0 Å². The van der Waals surface area contributed by atoms with E-state index in [0.717, 1.165) is 24.0 Å². The monoisotopic (exact) mass is 559 g/mol. The van der Waals surface area contributed by atoms with Crippen LogP contribution in [-0.4, -0.2) is 36.6 Å². The van der Waals surface area contributed by atoms with E-state index in [1.54, 1.807) is 45.0 Å². The molecule has 0 aromatic heterocycles. The van der Waals surface area contributed by atoms with Crippen LogP contribution >= 0.6 is 0 Å². The Hall–Kier alpha value is -2.71. The lowest BCUT2D eigenvalue weighted by molar-refractivity contribution is -0.161. The van der Waals surface area contributed by atoms with Gasteiger partial charge in [0.2, 0.25) is 10.0 Å². The zero-order valence-corrected chi connectivity index (χ0v) is 25.2. The minimum atomic E-state index is -3.73. The van der Waals surface area contributed by atoms with E-state index < -0.39 is 39.0 Å². The second kappa shape index (κ2) is 13.6. The van der Waals surface area contributed by atoms with E-state index in [0.29, 0.717) is 24.8 Å². The van der Waals surface area contributed by atoms with Crippen LogP contribution in [0.1, 0.15) is 86.1 Å². The molecule has 0 spiro atoms. The fraction of sp³-hybridized carbons (Fsp3) is 0.548. The molecule has 0 saturated carbocycles. The first-order valence-corrected chi connectivity index (χ1v) is 15.2.